The molecule has 1 fully saturated rings. The first-order valence-corrected chi connectivity index (χ1v) is 1.20. The molecule has 0 aromatic carbocycles. The van der Waals surface area contributed by atoms with Crippen molar-refractivity contribution in [2.45, 2.75) is 0 Å². The smallest absolute Gasteiger partial charge is 0.144 e. The second-order valence-electron chi connectivity index (χ2n) is 0.827. The van der Waals surface area contributed by atoms with Gasteiger partial charge in [0.25, 0.3) is 0 Å². The van der Waals surface area contributed by atoms with Crippen molar-refractivity contribution in [3.63, 3.8) is 0 Å². The van der Waals surface area contributed by atoms with Gasteiger partial charge in [-0.05, 0) is 0 Å². The van der Waals surface area contributed by atoms with E-state index in [0.29, 0.717) is 0 Å². The second-order valence-corrected chi connectivity index (χ2v) is 0.827. The van der Waals surface area contributed by atoms with Crippen LogP contribution >= 0.6 is 0 Å². The van der Waals surface area contributed by atoms with Crippen LogP contribution in [0.15, 0.2) is 12.3 Å². The molecule has 0 bridgehead atoms. The minimum Gasteiger partial charge on any atom is -0.487 e. The molecule has 1 nitrogen and oxygen atoms in total. The molecule has 0 amide bonds. The summed E-state index contributed by atoms with van der Waals surface area (Å²) < 4.78 is 4.51. The molecule has 0 aliphatic carbocycles. The Morgan fingerprint density at radius 2 is 2.50 bits per heavy atom. The normalized spacial score (nSPS) is 19.5. The fourth-order valence-corrected chi connectivity index (χ4v) is 0.0510. The van der Waals surface area contributed by atoms with E-state index in [0.717, 1.165) is 12.4 Å². The zero-order valence-corrected chi connectivity index (χ0v) is 2.32. The van der Waals surface area contributed by atoms with Crippen molar-refractivity contribution in [3.05, 3.63) is 12.3 Å². The number of hydrogen-bond donors (Lipinski definition) is 0. The van der Waals surface area contributed by atoms with Crippen LogP contribution in [0.2, 0.25) is 0 Å². The minimum absolute atomic E-state index is 0. The van der Waals surface area contributed by atoms with Gasteiger partial charge in [0.1, 0.15) is 12.4 Å². The molecule has 1 rings (SSSR count). The summed E-state index contributed by atoms with van der Waals surface area (Å²) in [5.74, 6) is 0.917. The molecular formula is C3H6O. The number of ether oxygens (including phenoxy) is 1. The Bertz CT molecular complexity index is 44.9. The molecule has 0 unspecified atom stereocenters. The maximum atomic E-state index is 4.51. The van der Waals surface area contributed by atoms with Crippen LogP contribution in [0.5, 0.6) is 0 Å². The van der Waals surface area contributed by atoms with Crippen LogP contribution in [0, 0.1) is 0 Å². The lowest BCUT2D eigenvalue weighted by molar-refractivity contribution is 0.511. The van der Waals surface area contributed by atoms with E-state index in [2.05, 4.69) is 11.3 Å². The molecule has 1 heterocycles. The van der Waals surface area contributed by atoms with Crippen LogP contribution in [0.25, 0.3) is 0 Å². The highest BCUT2D eigenvalue weighted by molar-refractivity contribution is 4.94. The summed E-state index contributed by atoms with van der Waals surface area (Å²) in [7, 11) is 0. The quantitative estimate of drug-likeness (QED) is 0.375. The molecule has 1 aliphatic heterocycles. The highest BCUT2D eigenvalue weighted by Crippen LogP contribution is 2.07. The summed E-state index contributed by atoms with van der Waals surface area (Å²) in [6.45, 7) is 4.24. The molecule has 1 aliphatic rings. The van der Waals surface area contributed by atoms with Crippen molar-refractivity contribution in [1.29, 1.82) is 0 Å². The lowest BCUT2D eigenvalue weighted by Crippen LogP contribution is -1.21. The second kappa shape index (κ2) is 0.292. The summed E-state index contributed by atoms with van der Waals surface area (Å²) >= 11 is 0. The zero-order valence-electron chi connectivity index (χ0n) is 2.32. The van der Waals surface area contributed by atoms with Crippen molar-refractivity contribution in [2.75, 3.05) is 6.61 Å². The van der Waals surface area contributed by atoms with Gasteiger partial charge < -0.3 is 4.74 Å². The van der Waals surface area contributed by atoms with E-state index in [4.69, 9.17) is 0 Å². The van der Waals surface area contributed by atoms with Gasteiger partial charge >= 0.3 is 0 Å². The summed E-state index contributed by atoms with van der Waals surface area (Å²) in [6, 6.07) is 0. The largest absolute Gasteiger partial charge is 0.487 e. The Labute approximate surface area is 26.4 Å². The molecule has 0 N–H and O–H groups in total. The van der Waals surface area contributed by atoms with Gasteiger partial charge in [0.15, 0.2) is 0 Å². The molecule has 0 saturated carbocycles. The van der Waals surface area contributed by atoms with Gasteiger partial charge in [0.2, 0.25) is 0 Å². The van der Waals surface area contributed by atoms with Crippen LogP contribution < -0.4 is 0 Å². The van der Waals surface area contributed by atoms with E-state index in [9.17, 15) is 0 Å². The third kappa shape index (κ3) is 0.0696. The van der Waals surface area contributed by atoms with Gasteiger partial charge in [0, 0.05) is 1.43 Å². The Morgan fingerprint density at radius 3 is 2.50 bits per heavy atom. The fourth-order valence-electron chi connectivity index (χ4n) is 0.0510. The highest BCUT2D eigenvalue weighted by atomic mass is 16.6. The molecule has 1 saturated heterocycles. The minimum atomic E-state index is 0. The van der Waals surface area contributed by atoms with Crippen molar-refractivity contribution >= 4 is 0 Å². The molecule has 0 spiro atoms. The van der Waals surface area contributed by atoms with Crippen LogP contribution in [0.4, 0.5) is 0 Å². The van der Waals surface area contributed by atoms with E-state index in [1.807, 2.05) is 0 Å². The summed E-state index contributed by atoms with van der Waals surface area (Å²) in [5.41, 5.74) is 0. The van der Waals surface area contributed by atoms with E-state index in [1.165, 1.54) is 0 Å². The summed E-state index contributed by atoms with van der Waals surface area (Å²) in [6.07, 6.45) is 0. The van der Waals surface area contributed by atoms with E-state index < -0.39 is 0 Å². The average Bonchev–Trinajstić information content (AvgIpc) is 1.75. The Balaban J connectivity index is 0.000000160. The van der Waals surface area contributed by atoms with Gasteiger partial charge in [-0.25, -0.2) is 0 Å². The lowest BCUT2D eigenvalue weighted by Gasteiger charge is -1.39. The molecule has 1 heteroatoms. The summed E-state index contributed by atoms with van der Waals surface area (Å²) in [5, 5.41) is 0. The molecule has 0 atom stereocenters. The first kappa shape index (κ1) is 1.82. The Hall–Kier alpha value is -0.460. The third-order valence-electron chi connectivity index (χ3n) is 0.348. The average molecular weight is 58.1 g/mol. The van der Waals surface area contributed by atoms with Crippen molar-refractivity contribution in [1.82, 2.24) is 0 Å². The number of epoxide rings is 1. The highest BCUT2D eigenvalue weighted by Gasteiger charge is 2.05. The topological polar surface area (TPSA) is 12.5 Å². The fraction of sp³-hybridized carbons (Fsp3) is 0.333. The molecule has 4 heavy (non-hydrogen) atoms. The summed E-state index contributed by atoms with van der Waals surface area (Å²) in [4.78, 5) is 0. The maximum absolute atomic E-state index is 4.51. The molecular weight excluding hydrogens is 52.0 g/mol. The van der Waals surface area contributed by atoms with Crippen molar-refractivity contribution in [2.24, 2.45) is 0 Å². The maximum Gasteiger partial charge on any atom is 0.144 e. The molecule has 0 radical (unpaired) electrons. The lowest BCUT2D eigenvalue weighted by atomic mass is 10.8. The van der Waals surface area contributed by atoms with Gasteiger partial charge in [0.05, 0.1) is 0 Å². The van der Waals surface area contributed by atoms with Crippen LogP contribution in [0.1, 0.15) is 1.43 Å². The SMILES string of the molecule is C=C1CO1.[HH]. The van der Waals surface area contributed by atoms with Gasteiger partial charge in [-0.3, -0.25) is 0 Å². The zero-order chi connectivity index (χ0) is 2.99. The van der Waals surface area contributed by atoms with Crippen LogP contribution in [0.3, 0.4) is 0 Å². The first-order valence-electron chi connectivity index (χ1n) is 1.20. The first-order chi connectivity index (χ1) is 1.89. The van der Waals surface area contributed by atoms with Gasteiger partial charge in [-0.1, -0.05) is 6.58 Å². The van der Waals surface area contributed by atoms with E-state index in [-0.39, 0.29) is 1.43 Å². The Kier molecular flexibility index (Phi) is 0.133. The number of hydrogen-bond acceptors (Lipinski definition) is 1. The Morgan fingerprint density at radius 1 is 2.25 bits per heavy atom. The standard InChI is InChI=1S/C3H4O.H2/c1-3-2-4-3;/h1-2H2;1H. The van der Waals surface area contributed by atoms with Crippen LogP contribution in [-0.4, -0.2) is 6.61 Å². The molecule has 0 aromatic heterocycles. The van der Waals surface area contributed by atoms with Crippen molar-refractivity contribution in [3.8, 4) is 0 Å². The van der Waals surface area contributed by atoms with Gasteiger partial charge in [-0.15, -0.1) is 0 Å². The van der Waals surface area contributed by atoms with E-state index >= 15 is 0 Å². The van der Waals surface area contributed by atoms with Gasteiger partial charge in [-0.2, -0.15) is 0 Å². The van der Waals surface area contributed by atoms with Crippen LogP contribution in [-0.2, 0) is 4.74 Å². The predicted octanol–water partition coefficient (Wildman–Crippen LogP) is 0.776. The predicted molar refractivity (Wildman–Crippen MR) is 17.2 cm³/mol. The third-order valence-corrected chi connectivity index (χ3v) is 0.348. The molecule has 24 valence electrons. The van der Waals surface area contributed by atoms with Crippen molar-refractivity contribution < 1.29 is 6.16 Å². The number of rotatable bonds is 0. The molecule has 0 aromatic rings. The monoisotopic (exact) mass is 58.0 g/mol. The van der Waals surface area contributed by atoms with E-state index in [1.54, 1.807) is 0 Å².